The summed E-state index contributed by atoms with van der Waals surface area (Å²) in [5.74, 6) is -0.562. The Labute approximate surface area is 197 Å². The van der Waals surface area contributed by atoms with Crippen molar-refractivity contribution >= 4 is 34.2 Å². The number of ether oxygens (including phenoxy) is 1. The first-order valence-electron chi connectivity index (χ1n) is 10.2. The van der Waals surface area contributed by atoms with Crippen LogP contribution in [0.4, 0.5) is 0 Å². The molecule has 4 aromatic rings. The zero-order valence-electron chi connectivity index (χ0n) is 17.7. The van der Waals surface area contributed by atoms with Crippen molar-refractivity contribution < 1.29 is 14.3 Å². The first kappa shape index (κ1) is 22.8. The minimum absolute atomic E-state index is 0.197. The van der Waals surface area contributed by atoms with Crippen LogP contribution in [0.1, 0.15) is 15.9 Å². The van der Waals surface area contributed by atoms with Crippen LogP contribution in [-0.2, 0) is 17.9 Å². The Kier molecular flexibility index (Phi) is 6.74. The maximum atomic E-state index is 12.5. The van der Waals surface area contributed by atoms with Gasteiger partial charge in [-0.25, -0.2) is 4.68 Å². The van der Waals surface area contributed by atoms with E-state index in [0.717, 1.165) is 10.2 Å². The number of amides is 2. The van der Waals surface area contributed by atoms with Gasteiger partial charge in [0.25, 0.3) is 22.9 Å². The number of rotatable bonds is 6. The molecule has 172 valence electrons. The topological polar surface area (TPSA) is 122 Å². The minimum Gasteiger partial charge on any atom is -0.489 e. The van der Waals surface area contributed by atoms with Crippen molar-refractivity contribution in [1.29, 1.82) is 0 Å². The molecule has 1 aromatic heterocycles. The van der Waals surface area contributed by atoms with Crippen LogP contribution in [0, 0.1) is 0 Å². The molecule has 9 nitrogen and oxygen atoms in total. The lowest BCUT2D eigenvalue weighted by atomic mass is 10.1. The van der Waals surface area contributed by atoms with Crippen LogP contribution in [0.3, 0.4) is 0 Å². The fraction of sp³-hybridized carbons (Fsp3) is 0.0833. The van der Waals surface area contributed by atoms with E-state index in [4.69, 9.17) is 16.3 Å². The summed E-state index contributed by atoms with van der Waals surface area (Å²) in [5, 5.41) is 3.41. The molecule has 0 saturated carbocycles. The van der Waals surface area contributed by atoms with Crippen molar-refractivity contribution in [2.45, 2.75) is 13.2 Å². The molecule has 0 radical (unpaired) electrons. The number of aromatic nitrogens is 2. The third kappa shape index (κ3) is 5.33. The molecule has 34 heavy (non-hydrogen) atoms. The van der Waals surface area contributed by atoms with E-state index in [-0.39, 0.29) is 10.8 Å². The number of hydrogen-bond donors (Lipinski definition) is 3. The molecule has 0 unspecified atom stereocenters. The second kappa shape index (κ2) is 10.1. The van der Waals surface area contributed by atoms with E-state index >= 15 is 0 Å². The van der Waals surface area contributed by atoms with E-state index < -0.39 is 29.5 Å². The van der Waals surface area contributed by atoms with Gasteiger partial charge in [0.2, 0.25) is 0 Å². The van der Waals surface area contributed by atoms with Crippen LogP contribution in [-0.4, -0.2) is 21.6 Å². The van der Waals surface area contributed by atoms with Crippen LogP contribution in [0.5, 0.6) is 5.75 Å². The lowest BCUT2D eigenvalue weighted by molar-refractivity contribution is -0.122. The van der Waals surface area contributed by atoms with Crippen LogP contribution in [0.25, 0.3) is 10.8 Å². The molecular formula is C24H19ClN4O5. The Balaban J connectivity index is 1.32. The first-order chi connectivity index (χ1) is 16.4. The van der Waals surface area contributed by atoms with Gasteiger partial charge in [0.15, 0.2) is 0 Å². The molecule has 3 aromatic carbocycles. The molecule has 3 N–H and O–H groups in total. The highest BCUT2D eigenvalue weighted by molar-refractivity contribution is 6.30. The number of nitrogens with one attached hydrogen (secondary N) is 3. The molecule has 0 aliphatic heterocycles. The van der Waals surface area contributed by atoms with Crippen molar-refractivity contribution in [3.05, 3.63) is 110 Å². The third-order valence-corrected chi connectivity index (χ3v) is 5.19. The summed E-state index contributed by atoms with van der Waals surface area (Å²) in [6.45, 7) is -0.168. The van der Waals surface area contributed by atoms with Crippen molar-refractivity contribution in [1.82, 2.24) is 20.6 Å². The summed E-state index contributed by atoms with van der Waals surface area (Å²) in [7, 11) is 0. The Hall–Kier alpha value is -4.37. The van der Waals surface area contributed by atoms with E-state index in [1.165, 1.54) is 12.1 Å². The molecule has 0 aliphatic carbocycles. The molecule has 10 heteroatoms. The third-order valence-electron chi connectivity index (χ3n) is 4.94. The van der Waals surface area contributed by atoms with Gasteiger partial charge < -0.3 is 4.74 Å². The van der Waals surface area contributed by atoms with Gasteiger partial charge >= 0.3 is 0 Å². The molecule has 1 heterocycles. The molecule has 0 atom stereocenters. The number of carbonyl (C=O) groups is 2. The zero-order valence-corrected chi connectivity index (χ0v) is 18.5. The van der Waals surface area contributed by atoms with Crippen molar-refractivity contribution in [3.63, 3.8) is 0 Å². The minimum atomic E-state index is -0.686. The highest BCUT2D eigenvalue weighted by Crippen LogP contribution is 2.17. The highest BCUT2D eigenvalue weighted by atomic mass is 35.5. The van der Waals surface area contributed by atoms with Gasteiger partial charge in [-0.3, -0.25) is 35.1 Å². The van der Waals surface area contributed by atoms with E-state index in [2.05, 4.69) is 16.0 Å². The second-order valence-electron chi connectivity index (χ2n) is 7.32. The SMILES string of the molecule is O=C(Cn1[nH]c(=O)c2ccccc2c1=O)NNC(=O)c1ccc(COc2ccc(Cl)cc2)cc1. The van der Waals surface area contributed by atoms with Crippen LogP contribution < -0.4 is 26.7 Å². The van der Waals surface area contributed by atoms with Gasteiger partial charge in [0.05, 0.1) is 10.8 Å². The molecule has 0 spiro atoms. The summed E-state index contributed by atoms with van der Waals surface area (Å²) in [5.41, 5.74) is 4.66. The number of fused-ring (bicyclic) bond motifs is 1. The fourth-order valence-electron chi connectivity index (χ4n) is 3.19. The van der Waals surface area contributed by atoms with Crippen molar-refractivity contribution in [3.8, 4) is 5.75 Å². The Morgan fingerprint density at radius 2 is 1.56 bits per heavy atom. The summed E-state index contributed by atoms with van der Waals surface area (Å²) in [6.07, 6.45) is 0. The van der Waals surface area contributed by atoms with Gasteiger partial charge in [-0.2, -0.15) is 0 Å². The van der Waals surface area contributed by atoms with E-state index in [0.29, 0.717) is 22.9 Å². The molecule has 0 bridgehead atoms. The Morgan fingerprint density at radius 3 is 2.26 bits per heavy atom. The molecule has 0 saturated heterocycles. The average Bonchev–Trinajstić information content (AvgIpc) is 2.85. The molecule has 4 rings (SSSR count). The predicted molar refractivity (Wildman–Crippen MR) is 127 cm³/mol. The van der Waals surface area contributed by atoms with Crippen molar-refractivity contribution in [2.24, 2.45) is 0 Å². The molecule has 0 fully saturated rings. The predicted octanol–water partition coefficient (Wildman–Crippen LogP) is 2.38. The van der Waals surface area contributed by atoms with E-state index in [9.17, 15) is 19.2 Å². The number of halogens is 1. The summed E-state index contributed by atoms with van der Waals surface area (Å²) in [6, 6.07) is 19.9. The first-order valence-corrected chi connectivity index (χ1v) is 10.6. The highest BCUT2D eigenvalue weighted by Gasteiger charge is 2.12. The quantitative estimate of drug-likeness (QED) is 0.367. The van der Waals surface area contributed by atoms with Gasteiger partial charge in [0, 0.05) is 10.6 Å². The smallest absolute Gasteiger partial charge is 0.273 e. The van der Waals surface area contributed by atoms with Gasteiger partial charge in [-0.1, -0.05) is 35.9 Å². The van der Waals surface area contributed by atoms with Crippen LogP contribution >= 0.6 is 11.6 Å². The number of hydrazine groups is 1. The monoisotopic (exact) mass is 478 g/mol. The summed E-state index contributed by atoms with van der Waals surface area (Å²) < 4.78 is 6.55. The van der Waals surface area contributed by atoms with Crippen molar-refractivity contribution in [2.75, 3.05) is 0 Å². The standard InChI is InChI=1S/C24H19ClN4O5/c25-17-9-11-18(12-10-17)34-14-15-5-7-16(8-6-15)22(31)27-26-21(30)13-29-24(33)20-4-2-1-3-19(20)23(32)28-29/h1-12H,13-14H2,(H,26,30)(H,27,31)(H,28,32). The second-order valence-corrected chi connectivity index (χ2v) is 7.76. The normalized spacial score (nSPS) is 10.6. The molecule has 2 amide bonds. The Morgan fingerprint density at radius 1 is 0.882 bits per heavy atom. The Bertz CT molecular complexity index is 1460. The largest absolute Gasteiger partial charge is 0.489 e. The maximum Gasteiger partial charge on any atom is 0.273 e. The zero-order chi connectivity index (χ0) is 24.1. The lowest BCUT2D eigenvalue weighted by Crippen LogP contribution is -2.45. The van der Waals surface area contributed by atoms with Crippen LogP contribution in [0.15, 0.2) is 82.4 Å². The van der Waals surface area contributed by atoms with Gasteiger partial charge in [0.1, 0.15) is 18.9 Å². The van der Waals surface area contributed by atoms with E-state index in [1.54, 1.807) is 60.7 Å². The molecular weight excluding hydrogens is 460 g/mol. The lowest BCUT2D eigenvalue weighted by Gasteiger charge is -2.10. The average molecular weight is 479 g/mol. The number of nitrogens with zero attached hydrogens (tertiary/aromatic N) is 1. The molecule has 0 aliphatic rings. The van der Waals surface area contributed by atoms with Gasteiger partial charge in [-0.15, -0.1) is 0 Å². The summed E-state index contributed by atoms with van der Waals surface area (Å²) >= 11 is 5.85. The number of hydrogen-bond acceptors (Lipinski definition) is 5. The van der Waals surface area contributed by atoms with Crippen LogP contribution in [0.2, 0.25) is 5.02 Å². The van der Waals surface area contributed by atoms with Gasteiger partial charge in [-0.05, 0) is 54.1 Å². The number of benzene rings is 3. The number of aromatic amines is 1. The summed E-state index contributed by atoms with van der Waals surface area (Å²) in [4.78, 5) is 49.1. The fourth-order valence-corrected chi connectivity index (χ4v) is 3.32. The number of carbonyl (C=O) groups excluding carboxylic acids is 2. The maximum absolute atomic E-state index is 12.5. The number of H-pyrrole nitrogens is 1. The van der Waals surface area contributed by atoms with E-state index in [1.807, 2.05) is 0 Å².